The molecular formula is C24H20N2O5. The molecule has 0 aliphatic carbocycles. The molecule has 0 spiro atoms. The van der Waals surface area contributed by atoms with Crippen molar-refractivity contribution in [1.29, 1.82) is 0 Å². The van der Waals surface area contributed by atoms with Crippen molar-refractivity contribution in [1.82, 2.24) is 9.88 Å². The molecule has 4 rings (SSSR count). The molecule has 0 saturated heterocycles. The molecule has 1 N–H and O–H groups in total. The number of fused-ring (bicyclic) bond motifs is 1. The van der Waals surface area contributed by atoms with Crippen LogP contribution in [0.25, 0.3) is 22.6 Å². The van der Waals surface area contributed by atoms with E-state index in [1.54, 1.807) is 19.2 Å². The van der Waals surface area contributed by atoms with Gasteiger partial charge in [0.1, 0.15) is 17.7 Å². The van der Waals surface area contributed by atoms with E-state index in [-0.39, 0.29) is 17.8 Å². The number of para-hydroxylation sites is 1. The van der Waals surface area contributed by atoms with Crippen LogP contribution in [0.15, 0.2) is 77.2 Å². The molecule has 31 heavy (non-hydrogen) atoms. The summed E-state index contributed by atoms with van der Waals surface area (Å²) in [7, 11) is 1.68. The molecule has 0 saturated carbocycles. The standard InChI is InChI=1S/C24H20N2O5/c1-26(24(29)30-15-17-6-3-2-4-7-17)14-16-10-12-18(13-11-16)22-25-20-9-5-8-19(23(27)28)21(20)31-22/h2-13H,14-15H2,1H3,(H,27,28). The zero-order chi connectivity index (χ0) is 21.8. The minimum Gasteiger partial charge on any atom is -0.478 e. The van der Waals surface area contributed by atoms with Crippen LogP contribution in [0.5, 0.6) is 0 Å². The highest BCUT2D eigenvalue weighted by Crippen LogP contribution is 2.27. The van der Waals surface area contributed by atoms with Gasteiger partial charge in [-0.05, 0) is 35.4 Å². The van der Waals surface area contributed by atoms with Gasteiger partial charge in [-0.3, -0.25) is 0 Å². The van der Waals surface area contributed by atoms with Crippen molar-refractivity contribution in [3.63, 3.8) is 0 Å². The third-order valence-electron chi connectivity index (χ3n) is 4.78. The van der Waals surface area contributed by atoms with E-state index in [0.29, 0.717) is 23.5 Å². The van der Waals surface area contributed by atoms with Crippen LogP contribution in [-0.4, -0.2) is 34.1 Å². The zero-order valence-electron chi connectivity index (χ0n) is 16.8. The lowest BCUT2D eigenvalue weighted by molar-refractivity contribution is 0.0697. The van der Waals surface area contributed by atoms with Crippen LogP contribution in [0.2, 0.25) is 0 Å². The number of nitrogens with zero attached hydrogens (tertiary/aromatic N) is 2. The first-order valence-corrected chi connectivity index (χ1v) is 9.65. The number of hydrogen-bond donors (Lipinski definition) is 1. The van der Waals surface area contributed by atoms with E-state index in [1.165, 1.54) is 11.0 Å². The predicted octanol–water partition coefficient (Wildman–Crippen LogP) is 4.96. The van der Waals surface area contributed by atoms with Crippen molar-refractivity contribution in [3.05, 3.63) is 89.5 Å². The fourth-order valence-electron chi connectivity index (χ4n) is 3.16. The molecule has 7 heteroatoms. The second-order valence-corrected chi connectivity index (χ2v) is 7.07. The maximum absolute atomic E-state index is 12.2. The molecule has 1 heterocycles. The number of carbonyl (C=O) groups excluding carboxylic acids is 1. The molecule has 3 aromatic carbocycles. The Labute approximate surface area is 178 Å². The second kappa shape index (κ2) is 8.71. The summed E-state index contributed by atoms with van der Waals surface area (Å²) in [5, 5.41) is 9.30. The van der Waals surface area contributed by atoms with Crippen molar-refractivity contribution in [3.8, 4) is 11.5 Å². The van der Waals surface area contributed by atoms with Crippen LogP contribution in [0.3, 0.4) is 0 Å². The van der Waals surface area contributed by atoms with Crippen LogP contribution in [0.1, 0.15) is 21.5 Å². The van der Waals surface area contributed by atoms with Gasteiger partial charge in [0.15, 0.2) is 5.58 Å². The number of ether oxygens (including phenoxy) is 1. The summed E-state index contributed by atoms with van der Waals surface area (Å²) in [4.78, 5) is 29.5. The molecule has 0 unspecified atom stereocenters. The highest BCUT2D eigenvalue weighted by Gasteiger charge is 2.16. The molecule has 156 valence electrons. The Balaban J connectivity index is 1.42. The Bertz CT molecular complexity index is 1220. The van der Waals surface area contributed by atoms with E-state index in [9.17, 15) is 14.7 Å². The van der Waals surface area contributed by atoms with Crippen LogP contribution < -0.4 is 0 Å². The van der Waals surface area contributed by atoms with E-state index in [2.05, 4.69) is 4.98 Å². The zero-order valence-corrected chi connectivity index (χ0v) is 16.8. The van der Waals surface area contributed by atoms with Crippen molar-refractivity contribution in [2.45, 2.75) is 13.2 Å². The maximum Gasteiger partial charge on any atom is 0.410 e. The summed E-state index contributed by atoms with van der Waals surface area (Å²) in [6.45, 7) is 0.601. The summed E-state index contributed by atoms with van der Waals surface area (Å²) in [6, 6.07) is 21.7. The molecule has 7 nitrogen and oxygen atoms in total. The average molecular weight is 416 g/mol. The molecule has 0 radical (unpaired) electrons. The first-order valence-electron chi connectivity index (χ1n) is 9.65. The van der Waals surface area contributed by atoms with Crippen LogP contribution in [0.4, 0.5) is 4.79 Å². The average Bonchev–Trinajstić information content (AvgIpc) is 3.23. The van der Waals surface area contributed by atoms with Crippen LogP contribution in [-0.2, 0) is 17.9 Å². The number of carboxylic acids is 1. The summed E-state index contributed by atoms with van der Waals surface area (Å²) >= 11 is 0. The predicted molar refractivity (Wildman–Crippen MR) is 114 cm³/mol. The first kappa shape index (κ1) is 20.2. The fourth-order valence-corrected chi connectivity index (χ4v) is 3.16. The quantitative estimate of drug-likeness (QED) is 0.477. The number of hydrogen-bond acceptors (Lipinski definition) is 5. The van der Waals surface area contributed by atoms with Gasteiger partial charge >= 0.3 is 12.1 Å². The second-order valence-electron chi connectivity index (χ2n) is 7.07. The molecule has 0 aliphatic heterocycles. The third kappa shape index (κ3) is 4.56. The summed E-state index contributed by atoms with van der Waals surface area (Å²) in [5.41, 5.74) is 3.35. The number of amides is 1. The normalized spacial score (nSPS) is 10.7. The summed E-state index contributed by atoms with van der Waals surface area (Å²) in [5.74, 6) is -0.725. The summed E-state index contributed by atoms with van der Waals surface area (Å²) in [6.07, 6.45) is -0.409. The summed E-state index contributed by atoms with van der Waals surface area (Å²) < 4.78 is 11.0. The number of oxazole rings is 1. The lowest BCUT2D eigenvalue weighted by Crippen LogP contribution is -2.26. The van der Waals surface area contributed by atoms with Gasteiger partial charge in [0.2, 0.25) is 5.89 Å². The Morgan fingerprint density at radius 3 is 2.42 bits per heavy atom. The highest BCUT2D eigenvalue weighted by molar-refractivity contribution is 6.00. The molecule has 0 atom stereocenters. The molecule has 1 amide bonds. The number of aromatic carboxylic acids is 1. The SMILES string of the molecule is CN(Cc1ccc(-c2nc3cccc(C(=O)O)c3o2)cc1)C(=O)OCc1ccccc1. The van der Waals surface area contributed by atoms with Gasteiger partial charge in [-0.15, -0.1) is 0 Å². The largest absolute Gasteiger partial charge is 0.478 e. The number of aromatic nitrogens is 1. The topological polar surface area (TPSA) is 92.9 Å². The van der Waals surface area contributed by atoms with E-state index in [4.69, 9.17) is 9.15 Å². The minimum absolute atomic E-state index is 0.0727. The van der Waals surface area contributed by atoms with E-state index < -0.39 is 12.1 Å². The Kier molecular flexibility index (Phi) is 5.66. The van der Waals surface area contributed by atoms with Gasteiger partial charge in [0.05, 0.1) is 0 Å². The first-order chi connectivity index (χ1) is 15.0. The van der Waals surface area contributed by atoms with Gasteiger partial charge in [0, 0.05) is 19.2 Å². The van der Waals surface area contributed by atoms with Gasteiger partial charge < -0.3 is 19.2 Å². The van der Waals surface area contributed by atoms with E-state index in [1.807, 2.05) is 54.6 Å². The van der Waals surface area contributed by atoms with Gasteiger partial charge in [-0.25, -0.2) is 14.6 Å². The molecule has 4 aromatic rings. The molecular weight excluding hydrogens is 396 g/mol. The number of rotatable bonds is 6. The molecule has 1 aromatic heterocycles. The van der Waals surface area contributed by atoms with Crippen molar-refractivity contribution in [2.75, 3.05) is 7.05 Å². The van der Waals surface area contributed by atoms with Crippen molar-refractivity contribution < 1.29 is 23.8 Å². The lowest BCUT2D eigenvalue weighted by Gasteiger charge is -2.17. The monoisotopic (exact) mass is 416 g/mol. The van der Waals surface area contributed by atoms with Crippen molar-refractivity contribution in [2.24, 2.45) is 0 Å². The van der Waals surface area contributed by atoms with E-state index >= 15 is 0 Å². The van der Waals surface area contributed by atoms with Gasteiger partial charge in [-0.2, -0.15) is 0 Å². The highest BCUT2D eigenvalue weighted by atomic mass is 16.6. The van der Waals surface area contributed by atoms with Gasteiger partial charge in [0.25, 0.3) is 0 Å². The Morgan fingerprint density at radius 1 is 0.968 bits per heavy atom. The lowest BCUT2D eigenvalue weighted by atomic mass is 10.1. The van der Waals surface area contributed by atoms with Crippen LogP contribution in [0, 0.1) is 0 Å². The number of carbonyl (C=O) groups is 2. The minimum atomic E-state index is -1.06. The van der Waals surface area contributed by atoms with Gasteiger partial charge in [-0.1, -0.05) is 48.5 Å². The maximum atomic E-state index is 12.2. The van der Waals surface area contributed by atoms with E-state index in [0.717, 1.165) is 11.1 Å². The number of carboxylic acid groups (broad SMARTS) is 1. The third-order valence-corrected chi connectivity index (χ3v) is 4.78. The van der Waals surface area contributed by atoms with Crippen LogP contribution >= 0.6 is 0 Å². The Morgan fingerprint density at radius 2 is 1.71 bits per heavy atom. The molecule has 0 bridgehead atoms. The number of benzene rings is 3. The molecule has 0 fully saturated rings. The Hall–Kier alpha value is -4.13. The smallest absolute Gasteiger partial charge is 0.410 e. The van der Waals surface area contributed by atoms with Crippen molar-refractivity contribution >= 4 is 23.2 Å². The fraction of sp³-hybridized carbons (Fsp3) is 0.125. The molecule has 0 aliphatic rings.